The average molecular weight is 498 g/mol. The van der Waals surface area contributed by atoms with Crippen LogP contribution in [0.5, 0.6) is 0 Å². The van der Waals surface area contributed by atoms with Crippen LogP contribution in [0.4, 0.5) is 0 Å². The molecular weight excluding hydrogens is 458 g/mol. The van der Waals surface area contributed by atoms with Crippen LogP contribution in [0, 0.1) is 12.3 Å². The van der Waals surface area contributed by atoms with E-state index < -0.39 is 48.5 Å². The number of carbonyl (C=O) groups excluding carboxylic acids is 4. The third-order valence-electron chi connectivity index (χ3n) is 5.09. The van der Waals surface area contributed by atoms with Crippen molar-refractivity contribution in [3.63, 3.8) is 0 Å². The zero-order valence-electron chi connectivity index (χ0n) is 21.3. The highest BCUT2D eigenvalue weighted by Crippen LogP contribution is 2.27. The van der Waals surface area contributed by atoms with E-state index in [1.54, 1.807) is 6.92 Å². The van der Waals surface area contributed by atoms with E-state index in [9.17, 15) is 19.2 Å². The lowest BCUT2D eigenvalue weighted by Crippen LogP contribution is -2.58. The van der Waals surface area contributed by atoms with Gasteiger partial charge in [-0.2, -0.15) is 0 Å². The van der Waals surface area contributed by atoms with Crippen molar-refractivity contribution in [1.82, 2.24) is 4.90 Å². The highest BCUT2D eigenvalue weighted by molar-refractivity contribution is 5.72. The Bertz CT molecular complexity index is 733. The molecule has 0 amide bonds. The van der Waals surface area contributed by atoms with E-state index in [4.69, 9.17) is 30.1 Å². The van der Waals surface area contributed by atoms with Crippen LogP contribution in [0.15, 0.2) is 0 Å². The maximum absolute atomic E-state index is 12.5. The molecule has 10 heteroatoms. The molecule has 0 aromatic rings. The van der Waals surface area contributed by atoms with E-state index in [2.05, 4.69) is 5.92 Å². The number of carbonyl (C=O) groups is 4. The van der Waals surface area contributed by atoms with E-state index in [1.807, 2.05) is 25.8 Å². The van der Waals surface area contributed by atoms with Crippen molar-refractivity contribution >= 4 is 23.9 Å². The maximum Gasteiger partial charge on any atom is 0.308 e. The van der Waals surface area contributed by atoms with Gasteiger partial charge in [-0.15, -0.1) is 6.42 Å². The minimum Gasteiger partial charge on any atom is -0.456 e. The van der Waals surface area contributed by atoms with E-state index in [1.165, 1.54) is 0 Å². The second-order valence-electron chi connectivity index (χ2n) is 8.42. The van der Waals surface area contributed by atoms with Gasteiger partial charge < -0.3 is 23.7 Å². The minimum atomic E-state index is -1.31. The number of nitrogens with zero attached hydrogens (tertiary/aromatic N) is 1. The molecule has 1 rings (SSSR count). The van der Waals surface area contributed by atoms with Gasteiger partial charge in [0.25, 0.3) is 0 Å². The van der Waals surface area contributed by atoms with Gasteiger partial charge in [0.15, 0.2) is 12.2 Å². The molecule has 1 fully saturated rings. The Morgan fingerprint density at radius 3 is 1.89 bits per heavy atom. The van der Waals surface area contributed by atoms with E-state index in [0.717, 1.165) is 0 Å². The second kappa shape index (κ2) is 16.9. The summed E-state index contributed by atoms with van der Waals surface area (Å²) >= 11 is 0. The lowest BCUT2D eigenvalue weighted by atomic mass is 10.0. The summed E-state index contributed by atoms with van der Waals surface area (Å²) in [6.07, 6.45) is 3.10. The van der Waals surface area contributed by atoms with E-state index >= 15 is 0 Å². The summed E-state index contributed by atoms with van der Waals surface area (Å²) in [7, 11) is 1.84. The average Bonchev–Trinajstić information content (AvgIpc) is 2.78. The summed E-state index contributed by atoms with van der Waals surface area (Å²) in [6.45, 7) is 6.30. The van der Waals surface area contributed by atoms with Crippen LogP contribution in [0.3, 0.4) is 0 Å². The number of hydrogen-bond acceptors (Lipinski definition) is 10. The van der Waals surface area contributed by atoms with Gasteiger partial charge in [-0.25, -0.2) is 0 Å². The van der Waals surface area contributed by atoms with Crippen LogP contribution >= 0.6 is 0 Å². The van der Waals surface area contributed by atoms with Crippen molar-refractivity contribution in [2.24, 2.45) is 0 Å². The van der Waals surface area contributed by atoms with Crippen LogP contribution in [-0.2, 0) is 42.9 Å². The zero-order valence-corrected chi connectivity index (χ0v) is 21.3. The first-order valence-corrected chi connectivity index (χ1v) is 12.3. The fourth-order valence-electron chi connectivity index (χ4n) is 3.39. The Hall–Kier alpha value is -2.64. The van der Waals surface area contributed by atoms with Crippen molar-refractivity contribution in [2.45, 2.75) is 96.7 Å². The van der Waals surface area contributed by atoms with Crippen LogP contribution in [0.25, 0.3) is 0 Å². The standard InChI is InChI=1S/C25H39NO9/c1-6-11-19(27)32-18-17-31-25(35-22(30)14-10-16-26(5)15-9-4)24(34-21(29)13-8-3)23(18)33-20(28)12-7-2/h4,18,23-25H,6-8,10-17H2,1-3,5H3. The van der Waals surface area contributed by atoms with Gasteiger partial charge in [0, 0.05) is 25.7 Å². The predicted octanol–water partition coefficient (Wildman–Crippen LogP) is 2.37. The molecule has 4 atom stereocenters. The fraction of sp³-hybridized carbons (Fsp3) is 0.760. The van der Waals surface area contributed by atoms with Crippen molar-refractivity contribution in [1.29, 1.82) is 0 Å². The van der Waals surface area contributed by atoms with Gasteiger partial charge in [-0.05, 0) is 39.3 Å². The lowest BCUT2D eigenvalue weighted by molar-refractivity contribution is -0.275. The Kier molecular flexibility index (Phi) is 14.7. The molecule has 0 aliphatic carbocycles. The first-order chi connectivity index (χ1) is 16.7. The molecule has 0 bridgehead atoms. The molecule has 0 aromatic carbocycles. The van der Waals surface area contributed by atoms with Gasteiger partial charge in [0.05, 0.1) is 13.2 Å². The Morgan fingerprint density at radius 1 is 0.829 bits per heavy atom. The largest absolute Gasteiger partial charge is 0.456 e. The smallest absolute Gasteiger partial charge is 0.308 e. The number of terminal acetylenes is 1. The van der Waals surface area contributed by atoms with Gasteiger partial charge in [0.1, 0.15) is 0 Å². The second-order valence-corrected chi connectivity index (χ2v) is 8.42. The maximum atomic E-state index is 12.5. The molecule has 0 radical (unpaired) electrons. The van der Waals surface area contributed by atoms with Crippen molar-refractivity contribution < 1.29 is 42.9 Å². The highest BCUT2D eigenvalue weighted by Gasteiger charge is 2.49. The molecular formula is C25H39NO9. The quantitative estimate of drug-likeness (QED) is 0.190. The summed E-state index contributed by atoms with van der Waals surface area (Å²) in [5.74, 6) is 0.337. The molecule has 35 heavy (non-hydrogen) atoms. The first kappa shape index (κ1) is 30.4. The molecule has 198 valence electrons. The Labute approximate surface area is 207 Å². The predicted molar refractivity (Wildman–Crippen MR) is 126 cm³/mol. The Balaban J connectivity index is 3.02. The molecule has 1 saturated heterocycles. The van der Waals surface area contributed by atoms with Crippen LogP contribution in [-0.4, -0.2) is 80.1 Å². The number of rotatable bonds is 15. The van der Waals surface area contributed by atoms with Crippen LogP contribution < -0.4 is 0 Å². The first-order valence-electron chi connectivity index (χ1n) is 12.3. The van der Waals surface area contributed by atoms with Gasteiger partial charge >= 0.3 is 23.9 Å². The highest BCUT2D eigenvalue weighted by atomic mass is 16.7. The molecule has 0 aromatic heterocycles. The monoisotopic (exact) mass is 497 g/mol. The van der Waals surface area contributed by atoms with E-state index in [0.29, 0.717) is 38.8 Å². The normalized spacial score (nSPS) is 21.6. The topological polar surface area (TPSA) is 118 Å². The molecule has 1 aliphatic heterocycles. The van der Waals surface area contributed by atoms with Crippen molar-refractivity contribution in [3.8, 4) is 12.3 Å². The molecule has 0 saturated carbocycles. The van der Waals surface area contributed by atoms with Crippen molar-refractivity contribution in [2.75, 3.05) is 26.7 Å². The molecule has 1 heterocycles. The Morgan fingerprint density at radius 2 is 1.34 bits per heavy atom. The molecule has 1 aliphatic rings. The summed E-state index contributed by atoms with van der Waals surface area (Å²) in [5, 5.41) is 0. The zero-order chi connectivity index (χ0) is 26.2. The van der Waals surface area contributed by atoms with Crippen molar-refractivity contribution in [3.05, 3.63) is 0 Å². The summed E-state index contributed by atoms with van der Waals surface area (Å²) < 4.78 is 27.7. The third kappa shape index (κ3) is 11.6. The number of hydrogen-bond donors (Lipinski definition) is 0. The summed E-state index contributed by atoms with van der Waals surface area (Å²) in [6, 6.07) is 0. The van der Waals surface area contributed by atoms with E-state index in [-0.39, 0.29) is 32.3 Å². The lowest BCUT2D eigenvalue weighted by Gasteiger charge is -2.40. The van der Waals surface area contributed by atoms with Gasteiger partial charge in [0.2, 0.25) is 12.4 Å². The minimum absolute atomic E-state index is 0.0829. The molecule has 0 spiro atoms. The fourth-order valence-corrected chi connectivity index (χ4v) is 3.39. The number of esters is 4. The summed E-state index contributed by atoms with van der Waals surface area (Å²) in [4.78, 5) is 51.2. The van der Waals surface area contributed by atoms with Crippen LogP contribution in [0.1, 0.15) is 72.1 Å². The van der Waals surface area contributed by atoms with Crippen LogP contribution in [0.2, 0.25) is 0 Å². The third-order valence-corrected chi connectivity index (χ3v) is 5.09. The molecule has 4 unspecified atom stereocenters. The summed E-state index contributed by atoms with van der Waals surface area (Å²) in [5.41, 5.74) is 0. The molecule has 0 N–H and O–H groups in total. The SMILES string of the molecule is C#CCN(C)CCCC(=O)OC1OCC(OC(=O)CCC)C(OC(=O)CCC)C1OC(=O)CCC. The van der Waals surface area contributed by atoms with Gasteiger partial charge in [-0.3, -0.25) is 24.1 Å². The molecule has 10 nitrogen and oxygen atoms in total. The number of ether oxygens (including phenoxy) is 5. The van der Waals surface area contributed by atoms with Gasteiger partial charge in [-0.1, -0.05) is 26.7 Å².